The first-order valence-electron chi connectivity index (χ1n) is 5.68. The number of nitrogens with zero attached hydrogens (tertiary/aromatic N) is 1. The van der Waals surface area contributed by atoms with Gasteiger partial charge < -0.3 is 10.0 Å². The van der Waals surface area contributed by atoms with Gasteiger partial charge in [-0.1, -0.05) is 6.07 Å². The third-order valence-corrected chi connectivity index (χ3v) is 4.24. The molecule has 0 radical (unpaired) electrons. The van der Waals surface area contributed by atoms with Gasteiger partial charge in [0.2, 0.25) is 0 Å². The summed E-state index contributed by atoms with van der Waals surface area (Å²) in [6.45, 7) is 1.06. The maximum atomic E-state index is 9.78. The highest BCUT2D eigenvalue weighted by atomic mass is 32.1. The van der Waals surface area contributed by atoms with Gasteiger partial charge in [-0.15, -0.1) is 11.3 Å². The van der Waals surface area contributed by atoms with Crippen LogP contribution in [0.15, 0.2) is 17.5 Å². The Bertz CT molecular complexity index is 286. The molecule has 84 valence electrons. The van der Waals surface area contributed by atoms with Gasteiger partial charge in [-0.25, -0.2) is 0 Å². The summed E-state index contributed by atoms with van der Waals surface area (Å²) in [5.41, 5.74) is 0. The molecule has 1 N–H and O–H groups in total. The third-order valence-electron chi connectivity index (χ3n) is 3.30. The Balaban J connectivity index is 1.79. The van der Waals surface area contributed by atoms with E-state index < -0.39 is 0 Å². The number of aliphatic hydroxyl groups excluding tert-OH is 1. The summed E-state index contributed by atoms with van der Waals surface area (Å²) >= 11 is 1.82. The van der Waals surface area contributed by atoms with E-state index in [9.17, 15) is 5.11 Å². The molecule has 1 saturated carbocycles. The molecular formula is C12H19NOS. The Morgan fingerprint density at radius 2 is 2.40 bits per heavy atom. The maximum Gasteiger partial charge on any atom is 0.0695 e. The van der Waals surface area contributed by atoms with Crippen molar-refractivity contribution >= 4 is 11.3 Å². The third kappa shape index (κ3) is 2.80. The van der Waals surface area contributed by atoms with E-state index in [1.807, 2.05) is 11.3 Å². The van der Waals surface area contributed by atoms with E-state index >= 15 is 0 Å². The van der Waals surface area contributed by atoms with Crippen molar-refractivity contribution in [1.29, 1.82) is 0 Å². The second-order valence-electron chi connectivity index (χ2n) is 4.38. The van der Waals surface area contributed by atoms with Gasteiger partial charge in [0, 0.05) is 17.5 Å². The number of hydrogen-bond acceptors (Lipinski definition) is 3. The second-order valence-corrected chi connectivity index (χ2v) is 5.41. The zero-order chi connectivity index (χ0) is 10.7. The zero-order valence-electron chi connectivity index (χ0n) is 9.22. The number of aliphatic hydroxyl groups is 1. The van der Waals surface area contributed by atoms with Crippen LogP contribution in [0.3, 0.4) is 0 Å². The molecule has 0 amide bonds. The molecule has 1 aromatic rings. The van der Waals surface area contributed by atoms with Crippen molar-refractivity contribution in [3.8, 4) is 0 Å². The highest BCUT2D eigenvalue weighted by molar-refractivity contribution is 7.09. The fourth-order valence-electron chi connectivity index (χ4n) is 2.34. The molecule has 0 spiro atoms. The quantitative estimate of drug-likeness (QED) is 0.848. The molecule has 1 heterocycles. The molecule has 1 aliphatic carbocycles. The van der Waals surface area contributed by atoms with Gasteiger partial charge in [0.15, 0.2) is 0 Å². The Morgan fingerprint density at radius 3 is 3.00 bits per heavy atom. The Morgan fingerprint density at radius 1 is 1.53 bits per heavy atom. The first kappa shape index (κ1) is 11.1. The van der Waals surface area contributed by atoms with E-state index in [0.29, 0.717) is 6.04 Å². The summed E-state index contributed by atoms with van der Waals surface area (Å²) in [5.74, 6) is 0. The van der Waals surface area contributed by atoms with Crippen LogP contribution in [0, 0.1) is 0 Å². The Hall–Kier alpha value is -0.380. The maximum absolute atomic E-state index is 9.78. The first-order chi connectivity index (χ1) is 7.27. The van der Waals surface area contributed by atoms with Gasteiger partial charge in [0.25, 0.3) is 0 Å². The predicted molar refractivity (Wildman–Crippen MR) is 64.3 cm³/mol. The molecule has 2 nitrogen and oxygen atoms in total. The molecule has 1 aromatic heterocycles. The van der Waals surface area contributed by atoms with Gasteiger partial charge >= 0.3 is 0 Å². The summed E-state index contributed by atoms with van der Waals surface area (Å²) in [4.78, 5) is 3.76. The largest absolute Gasteiger partial charge is 0.391 e. The van der Waals surface area contributed by atoms with Crippen LogP contribution in [-0.2, 0) is 6.42 Å². The van der Waals surface area contributed by atoms with Crippen molar-refractivity contribution in [3.05, 3.63) is 22.4 Å². The average molecular weight is 225 g/mol. The summed E-state index contributed by atoms with van der Waals surface area (Å²) in [5, 5.41) is 11.9. The van der Waals surface area contributed by atoms with Crippen LogP contribution < -0.4 is 0 Å². The minimum atomic E-state index is -0.0988. The lowest BCUT2D eigenvalue weighted by Gasteiger charge is -2.26. The number of likely N-dealkylation sites (N-methyl/N-ethyl adjacent to an activating group) is 1. The van der Waals surface area contributed by atoms with Crippen LogP contribution >= 0.6 is 11.3 Å². The molecule has 0 aromatic carbocycles. The first-order valence-corrected chi connectivity index (χ1v) is 6.56. The van der Waals surface area contributed by atoms with E-state index in [2.05, 4.69) is 29.5 Å². The highest BCUT2D eigenvalue weighted by Gasteiger charge is 2.28. The van der Waals surface area contributed by atoms with E-state index in [-0.39, 0.29) is 6.10 Å². The van der Waals surface area contributed by atoms with E-state index in [0.717, 1.165) is 25.8 Å². The summed E-state index contributed by atoms with van der Waals surface area (Å²) in [6.07, 6.45) is 4.32. The topological polar surface area (TPSA) is 23.5 Å². The fraction of sp³-hybridized carbons (Fsp3) is 0.667. The van der Waals surface area contributed by atoms with Crippen molar-refractivity contribution in [1.82, 2.24) is 4.90 Å². The Labute approximate surface area is 95.5 Å². The van der Waals surface area contributed by atoms with Gasteiger partial charge in [0.1, 0.15) is 0 Å². The lowest BCUT2D eigenvalue weighted by molar-refractivity contribution is 0.0871. The number of thiophene rings is 1. The summed E-state index contributed by atoms with van der Waals surface area (Å²) in [6, 6.07) is 4.68. The van der Waals surface area contributed by atoms with Crippen molar-refractivity contribution in [2.24, 2.45) is 0 Å². The highest BCUT2D eigenvalue weighted by Crippen LogP contribution is 2.23. The standard InChI is InChI=1S/C12H19NOS/c1-13(11-5-2-6-12(11)14)8-7-10-4-3-9-15-10/h3-4,9,11-12,14H,2,5-8H2,1H3/t11-,12-/m0/s1. The summed E-state index contributed by atoms with van der Waals surface area (Å²) < 4.78 is 0. The molecule has 2 atom stereocenters. The van der Waals surface area contributed by atoms with Crippen LogP contribution in [0.25, 0.3) is 0 Å². The molecule has 2 rings (SSSR count). The average Bonchev–Trinajstić information content (AvgIpc) is 2.84. The van der Waals surface area contributed by atoms with Crippen LogP contribution in [0.5, 0.6) is 0 Å². The fourth-order valence-corrected chi connectivity index (χ4v) is 3.04. The Kier molecular flexibility index (Phi) is 3.78. The number of rotatable bonds is 4. The summed E-state index contributed by atoms with van der Waals surface area (Å²) in [7, 11) is 2.13. The SMILES string of the molecule is CN(CCc1cccs1)[C@H]1CCC[C@@H]1O. The molecular weight excluding hydrogens is 206 g/mol. The van der Waals surface area contributed by atoms with Crippen LogP contribution in [0.1, 0.15) is 24.1 Å². The second kappa shape index (κ2) is 5.10. The molecule has 1 fully saturated rings. The molecule has 0 aliphatic heterocycles. The van der Waals surface area contributed by atoms with Gasteiger partial charge in [-0.05, 0) is 44.2 Å². The minimum absolute atomic E-state index is 0.0988. The van der Waals surface area contributed by atoms with E-state index in [1.165, 1.54) is 11.3 Å². The monoisotopic (exact) mass is 225 g/mol. The lowest BCUT2D eigenvalue weighted by atomic mass is 10.2. The van der Waals surface area contributed by atoms with Crippen molar-refractivity contribution in [2.75, 3.05) is 13.6 Å². The molecule has 0 bridgehead atoms. The lowest BCUT2D eigenvalue weighted by Crippen LogP contribution is -2.38. The van der Waals surface area contributed by atoms with Gasteiger partial charge in [-0.2, -0.15) is 0 Å². The van der Waals surface area contributed by atoms with Crippen LogP contribution in [-0.4, -0.2) is 35.7 Å². The van der Waals surface area contributed by atoms with Crippen molar-refractivity contribution < 1.29 is 5.11 Å². The molecule has 1 aliphatic rings. The van der Waals surface area contributed by atoms with Crippen molar-refractivity contribution in [2.45, 2.75) is 37.8 Å². The molecule has 0 unspecified atom stereocenters. The smallest absolute Gasteiger partial charge is 0.0695 e. The van der Waals surface area contributed by atoms with Gasteiger partial charge in [-0.3, -0.25) is 0 Å². The van der Waals surface area contributed by atoms with E-state index in [1.54, 1.807) is 0 Å². The van der Waals surface area contributed by atoms with Crippen LogP contribution in [0.4, 0.5) is 0 Å². The van der Waals surface area contributed by atoms with Crippen molar-refractivity contribution in [3.63, 3.8) is 0 Å². The molecule has 3 heteroatoms. The van der Waals surface area contributed by atoms with E-state index in [4.69, 9.17) is 0 Å². The van der Waals surface area contributed by atoms with Gasteiger partial charge in [0.05, 0.1) is 6.10 Å². The van der Waals surface area contributed by atoms with Crippen LogP contribution in [0.2, 0.25) is 0 Å². The predicted octanol–water partition coefficient (Wildman–Crippen LogP) is 2.14. The zero-order valence-corrected chi connectivity index (χ0v) is 10.0. The number of hydrogen-bond donors (Lipinski definition) is 1. The molecule has 0 saturated heterocycles. The molecule has 15 heavy (non-hydrogen) atoms. The normalized spacial score (nSPS) is 26.3. The minimum Gasteiger partial charge on any atom is -0.391 e.